The minimum Gasteiger partial charge on any atom is -0.464 e. The average Bonchev–Trinajstić information content (AvgIpc) is 3.34. The highest BCUT2D eigenvalue weighted by molar-refractivity contribution is 7.12. The van der Waals surface area contributed by atoms with Gasteiger partial charge in [-0.2, -0.15) is 16.4 Å². The molecule has 1 aromatic carbocycles. The number of rotatable bonds is 2. The second-order valence-electron chi connectivity index (χ2n) is 5.69. The standard InChI is InChI=1S/C18H14N2OS2/c1-2-5-16-13(4-1)15-10-14(17-6-3-8-23-17)19-20(15)18(21-16)12-7-9-22-11-12/h1-9,11,15,18H,10H2. The van der Waals surface area contributed by atoms with Gasteiger partial charge in [-0.05, 0) is 34.3 Å². The molecule has 0 amide bonds. The summed E-state index contributed by atoms with van der Waals surface area (Å²) >= 11 is 3.44. The van der Waals surface area contributed by atoms with E-state index < -0.39 is 0 Å². The van der Waals surface area contributed by atoms with Gasteiger partial charge in [0.2, 0.25) is 6.23 Å². The summed E-state index contributed by atoms with van der Waals surface area (Å²) in [6.45, 7) is 0. The molecule has 5 rings (SSSR count). The monoisotopic (exact) mass is 338 g/mol. The summed E-state index contributed by atoms with van der Waals surface area (Å²) in [4.78, 5) is 1.25. The highest BCUT2D eigenvalue weighted by atomic mass is 32.1. The van der Waals surface area contributed by atoms with Gasteiger partial charge in [0.05, 0.1) is 16.6 Å². The lowest BCUT2D eigenvalue weighted by Gasteiger charge is -2.37. The molecule has 2 aliphatic rings. The molecule has 0 saturated heterocycles. The molecular weight excluding hydrogens is 324 g/mol. The van der Waals surface area contributed by atoms with Gasteiger partial charge in [-0.25, -0.2) is 5.01 Å². The Labute approximate surface area is 142 Å². The lowest BCUT2D eigenvalue weighted by atomic mass is 9.98. The van der Waals surface area contributed by atoms with E-state index >= 15 is 0 Å². The third-order valence-electron chi connectivity index (χ3n) is 4.33. The first-order valence-electron chi connectivity index (χ1n) is 7.57. The molecule has 2 atom stereocenters. The Kier molecular flexibility index (Phi) is 3.02. The molecule has 0 spiro atoms. The van der Waals surface area contributed by atoms with Crippen molar-refractivity contribution in [2.75, 3.05) is 0 Å². The van der Waals surface area contributed by atoms with Gasteiger partial charge in [0.25, 0.3) is 0 Å². The molecule has 0 radical (unpaired) electrons. The minimum atomic E-state index is -0.140. The summed E-state index contributed by atoms with van der Waals surface area (Å²) in [5.74, 6) is 0.979. The van der Waals surface area contributed by atoms with E-state index in [4.69, 9.17) is 9.84 Å². The van der Waals surface area contributed by atoms with Crippen LogP contribution in [0.1, 0.15) is 34.7 Å². The Morgan fingerprint density at radius 2 is 2.04 bits per heavy atom. The Bertz CT molecular complexity index is 855. The first kappa shape index (κ1) is 13.3. The normalized spacial score (nSPS) is 22.3. The summed E-state index contributed by atoms with van der Waals surface area (Å²) in [5, 5.41) is 13.4. The van der Waals surface area contributed by atoms with E-state index in [1.54, 1.807) is 22.7 Å². The number of fused-ring (bicyclic) bond motifs is 3. The third-order valence-corrected chi connectivity index (χ3v) is 5.95. The average molecular weight is 338 g/mol. The largest absolute Gasteiger partial charge is 0.464 e. The van der Waals surface area contributed by atoms with Gasteiger partial charge in [0.1, 0.15) is 5.75 Å². The van der Waals surface area contributed by atoms with E-state index in [9.17, 15) is 0 Å². The molecule has 0 saturated carbocycles. The molecule has 0 bridgehead atoms. The van der Waals surface area contributed by atoms with Gasteiger partial charge in [-0.3, -0.25) is 0 Å². The van der Waals surface area contributed by atoms with Crippen molar-refractivity contribution in [1.29, 1.82) is 0 Å². The van der Waals surface area contributed by atoms with Crippen molar-refractivity contribution in [3.8, 4) is 5.75 Å². The van der Waals surface area contributed by atoms with Gasteiger partial charge in [-0.15, -0.1) is 11.3 Å². The molecule has 0 aliphatic carbocycles. The smallest absolute Gasteiger partial charge is 0.214 e. The van der Waals surface area contributed by atoms with E-state index in [2.05, 4.69) is 57.5 Å². The van der Waals surface area contributed by atoms with E-state index in [0.29, 0.717) is 0 Å². The molecule has 4 heterocycles. The summed E-state index contributed by atoms with van der Waals surface area (Å²) in [6.07, 6.45) is 0.792. The number of ether oxygens (including phenoxy) is 1. The SMILES string of the molecule is c1csc(C2=NN3C(C2)c2ccccc2OC3c2ccsc2)c1. The fourth-order valence-corrected chi connectivity index (χ4v) is 4.65. The van der Waals surface area contributed by atoms with E-state index in [1.165, 1.54) is 16.0 Å². The zero-order valence-electron chi connectivity index (χ0n) is 12.3. The van der Waals surface area contributed by atoms with Crippen molar-refractivity contribution >= 4 is 28.4 Å². The van der Waals surface area contributed by atoms with Crippen LogP contribution < -0.4 is 4.74 Å². The minimum absolute atomic E-state index is 0.140. The fourth-order valence-electron chi connectivity index (χ4n) is 3.26. The molecule has 2 aromatic heterocycles. The second-order valence-corrected chi connectivity index (χ2v) is 7.42. The van der Waals surface area contributed by atoms with Crippen LogP contribution in [0.3, 0.4) is 0 Å². The Hall–Kier alpha value is -2.11. The van der Waals surface area contributed by atoms with Gasteiger partial charge in [-0.1, -0.05) is 24.3 Å². The van der Waals surface area contributed by atoms with E-state index in [1.807, 2.05) is 6.07 Å². The maximum Gasteiger partial charge on any atom is 0.214 e. The number of hydrazone groups is 1. The topological polar surface area (TPSA) is 24.8 Å². The van der Waals surface area contributed by atoms with Crippen LogP contribution in [0.2, 0.25) is 0 Å². The molecule has 5 heteroatoms. The zero-order valence-corrected chi connectivity index (χ0v) is 13.9. The predicted molar refractivity (Wildman–Crippen MR) is 94.2 cm³/mol. The summed E-state index contributed by atoms with van der Waals surface area (Å²) < 4.78 is 6.28. The van der Waals surface area contributed by atoms with Crippen molar-refractivity contribution in [3.63, 3.8) is 0 Å². The van der Waals surface area contributed by atoms with E-state index in [0.717, 1.165) is 17.9 Å². The van der Waals surface area contributed by atoms with Gasteiger partial charge in [0, 0.05) is 17.5 Å². The van der Waals surface area contributed by atoms with Crippen LogP contribution in [0, 0.1) is 0 Å². The molecule has 3 aromatic rings. The maximum absolute atomic E-state index is 6.28. The van der Waals surface area contributed by atoms with Crippen molar-refractivity contribution in [3.05, 3.63) is 74.6 Å². The number of hydrogen-bond donors (Lipinski definition) is 0. The fraction of sp³-hybridized carbons (Fsp3) is 0.167. The number of hydrogen-bond acceptors (Lipinski definition) is 5. The molecule has 3 nitrogen and oxygen atoms in total. The summed E-state index contributed by atoms with van der Waals surface area (Å²) in [6, 6.07) is 14.9. The predicted octanol–water partition coefficient (Wildman–Crippen LogP) is 5.05. The van der Waals surface area contributed by atoms with Gasteiger partial charge in [0.15, 0.2) is 0 Å². The highest BCUT2D eigenvalue weighted by Gasteiger charge is 2.41. The van der Waals surface area contributed by atoms with Crippen LogP contribution in [0.4, 0.5) is 0 Å². The van der Waals surface area contributed by atoms with Crippen molar-refractivity contribution in [2.45, 2.75) is 18.7 Å². The number of nitrogens with zero attached hydrogens (tertiary/aromatic N) is 2. The zero-order chi connectivity index (χ0) is 15.2. The van der Waals surface area contributed by atoms with Crippen molar-refractivity contribution in [1.82, 2.24) is 5.01 Å². The number of para-hydroxylation sites is 1. The van der Waals surface area contributed by atoms with Crippen molar-refractivity contribution < 1.29 is 4.74 Å². The molecular formula is C18H14N2OS2. The maximum atomic E-state index is 6.28. The molecule has 2 unspecified atom stereocenters. The molecule has 2 aliphatic heterocycles. The van der Waals surface area contributed by atoms with E-state index in [-0.39, 0.29) is 12.3 Å². The van der Waals surface area contributed by atoms with Gasteiger partial charge < -0.3 is 4.74 Å². The van der Waals surface area contributed by atoms with Crippen LogP contribution >= 0.6 is 22.7 Å². The summed E-state index contributed by atoms with van der Waals surface area (Å²) in [7, 11) is 0. The Morgan fingerprint density at radius 1 is 1.09 bits per heavy atom. The summed E-state index contributed by atoms with van der Waals surface area (Å²) in [5.41, 5.74) is 3.56. The molecule has 114 valence electrons. The second kappa shape index (κ2) is 5.22. The number of benzene rings is 1. The lowest BCUT2D eigenvalue weighted by Crippen LogP contribution is -2.33. The quantitative estimate of drug-likeness (QED) is 0.653. The van der Waals surface area contributed by atoms with Crippen LogP contribution in [0.5, 0.6) is 5.75 Å². The first-order valence-corrected chi connectivity index (χ1v) is 9.40. The van der Waals surface area contributed by atoms with Crippen LogP contribution in [-0.2, 0) is 0 Å². The molecule has 0 N–H and O–H groups in total. The molecule has 23 heavy (non-hydrogen) atoms. The van der Waals surface area contributed by atoms with Crippen LogP contribution in [-0.4, -0.2) is 10.7 Å². The lowest BCUT2D eigenvalue weighted by molar-refractivity contribution is -0.0187. The number of thiophene rings is 2. The Balaban J connectivity index is 1.62. The van der Waals surface area contributed by atoms with Gasteiger partial charge >= 0.3 is 0 Å². The van der Waals surface area contributed by atoms with Crippen LogP contribution in [0.15, 0.2) is 63.7 Å². The van der Waals surface area contributed by atoms with Crippen LogP contribution in [0.25, 0.3) is 0 Å². The van der Waals surface area contributed by atoms with Crippen molar-refractivity contribution in [2.24, 2.45) is 5.10 Å². The third kappa shape index (κ3) is 2.11. The Morgan fingerprint density at radius 3 is 2.87 bits per heavy atom. The molecule has 0 fully saturated rings. The highest BCUT2D eigenvalue weighted by Crippen LogP contribution is 2.47. The first-order chi connectivity index (χ1) is 11.4.